The molecule has 0 radical (unpaired) electrons. The number of carbonyl (C=O) groups excluding carboxylic acids is 2. The number of benzene rings is 1. The van der Waals surface area contributed by atoms with Crippen LogP contribution >= 0.6 is 0 Å². The second-order valence-electron chi connectivity index (χ2n) is 6.71. The normalized spacial score (nSPS) is 20.2. The first-order valence-corrected chi connectivity index (χ1v) is 8.35. The van der Waals surface area contributed by atoms with Gasteiger partial charge in [-0.15, -0.1) is 0 Å². The second-order valence-corrected chi connectivity index (χ2v) is 6.71. The molecule has 1 aliphatic carbocycles. The maximum atomic E-state index is 12.4. The Kier molecular flexibility index (Phi) is 4.22. The zero-order valence-corrected chi connectivity index (χ0v) is 13.8. The molecule has 0 spiro atoms. The Labute approximate surface area is 137 Å². The Morgan fingerprint density at radius 1 is 1.13 bits per heavy atom. The molecule has 1 aromatic carbocycles. The molecule has 0 unspecified atom stereocenters. The second kappa shape index (κ2) is 6.17. The highest BCUT2D eigenvalue weighted by molar-refractivity contribution is 5.94. The standard InChI is InChI=1S/C18H23N3O2/c1-14(2)20-11-12-21(17(20)23)16-7-5-15(6-8-16)18(19-13-22)9-3-4-10-18/h5-8,14H,3-4,9-12H2,1-2H3. The van der Waals surface area contributed by atoms with E-state index in [9.17, 15) is 9.59 Å². The van der Waals surface area contributed by atoms with Crippen molar-refractivity contribution in [1.82, 2.24) is 4.90 Å². The molecule has 0 atom stereocenters. The largest absolute Gasteiger partial charge is 0.324 e. The monoisotopic (exact) mass is 313 g/mol. The van der Waals surface area contributed by atoms with Crippen LogP contribution < -0.4 is 4.90 Å². The molecule has 0 N–H and O–H groups in total. The average molecular weight is 313 g/mol. The molecule has 23 heavy (non-hydrogen) atoms. The number of hydrogen-bond acceptors (Lipinski definition) is 3. The smallest absolute Gasteiger partial charge is 0.320 e. The highest BCUT2D eigenvalue weighted by atomic mass is 16.2. The van der Waals surface area contributed by atoms with Crippen LogP contribution in [0.15, 0.2) is 29.3 Å². The summed E-state index contributed by atoms with van der Waals surface area (Å²) in [6.45, 7) is 5.54. The molecule has 1 aliphatic heterocycles. The highest BCUT2D eigenvalue weighted by Gasteiger charge is 2.36. The van der Waals surface area contributed by atoms with Crippen LogP contribution in [0.2, 0.25) is 0 Å². The summed E-state index contributed by atoms with van der Waals surface area (Å²) in [6.07, 6.45) is 5.70. The van der Waals surface area contributed by atoms with Gasteiger partial charge < -0.3 is 4.90 Å². The van der Waals surface area contributed by atoms with Crippen molar-refractivity contribution in [2.24, 2.45) is 4.99 Å². The number of amides is 2. The zero-order chi connectivity index (χ0) is 16.4. The Hall–Kier alpha value is -2.13. The van der Waals surface area contributed by atoms with Gasteiger partial charge in [-0.3, -0.25) is 4.90 Å². The van der Waals surface area contributed by atoms with E-state index in [-0.39, 0.29) is 12.1 Å². The fourth-order valence-corrected chi connectivity index (χ4v) is 3.74. The number of carbonyl (C=O) groups is 1. The summed E-state index contributed by atoms with van der Waals surface area (Å²) in [5.74, 6) is 0. The molecule has 0 bridgehead atoms. The van der Waals surface area contributed by atoms with E-state index in [2.05, 4.69) is 4.99 Å². The predicted molar refractivity (Wildman–Crippen MR) is 89.3 cm³/mol. The van der Waals surface area contributed by atoms with Crippen molar-refractivity contribution in [2.45, 2.75) is 51.1 Å². The Bertz CT molecular complexity index is 626. The predicted octanol–water partition coefficient (Wildman–Crippen LogP) is 3.44. The minimum Gasteiger partial charge on any atom is -0.320 e. The van der Waals surface area contributed by atoms with Crippen molar-refractivity contribution < 1.29 is 9.59 Å². The lowest BCUT2D eigenvalue weighted by atomic mass is 9.89. The molecule has 0 aromatic heterocycles. The highest BCUT2D eigenvalue weighted by Crippen LogP contribution is 2.42. The third kappa shape index (κ3) is 2.77. The molecular formula is C18H23N3O2. The molecule has 1 saturated carbocycles. The van der Waals surface area contributed by atoms with Crippen molar-refractivity contribution in [3.05, 3.63) is 29.8 Å². The van der Waals surface area contributed by atoms with E-state index in [1.165, 1.54) is 0 Å². The molecule has 1 saturated heterocycles. The number of isocyanates is 1. The maximum Gasteiger partial charge on any atom is 0.324 e. The lowest BCUT2D eigenvalue weighted by Gasteiger charge is -2.24. The van der Waals surface area contributed by atoms with Gasteiger partial charge in [-0.1, -0.05) is 25.0 Å². The van der Waals surface area contributed by atoms with Gasteiger partial charge in [-0.25, -0.2) is 9.59 Å². The first kappa shape index (κ1) is 15.8. The number of urea groups is 1. The van der Waals surface area contributed by atoms with Crippen LogP contribution in [0.5, 0.6) is 0 Å². The van der Waals surface area contributed by atoms with Crippen molar-refractivity contribution >= 4 is 17.8 Å². The number of rotatable bonds is 4. The van der Waals surface area contributed by atoms with Gasteiger partial charge in [-0.2, -0.15) is 4.99 Å². The van der Waals surface area contributed by atoms with Crippen molar-refractivity contribution in [1.29, 1.82) is 0 Å². The van der Waals surface area contributed by atoms with Crippen molar-refractivity contribution in [3.63, 3.8) is 0 Å². The Morgan fingerprint density at radius 2 is 1.78 bits per heavy atom. The van der Waals surface area contributed by atoms with E-state index >= 15 is 0 Å². The summed E-state index contributed by atoms with van der Waals surface area (Å²) >= 11 is 0. The van der Waals surface area contributed by atoms with E-state index in [0.717, 1.165) is 43.5 Å². The number of hydrogen-bond donors (Lipinski definition) is 0. The molecule has 2 fully saturated rings. The van der Waals surface area contributed by atoms with Gasteiger partial charge in [0.2, 0.25) is 6.08 Å². The minimum atomic E-state index is -0.404. The van der Waals surface area contributed by atoms with E-state index in [1.807, 2.05) is 47.9 Å². The van der Waals surface area contributed by atoms with Gasteiger partial charge in [0.1, 0.15) is 0 Å². The van der Waals surface area contributed by atoms with Gasteiger partial charge in [0, 0.05) is 24.8 Å². The minimum absolute atomic E-state index is 0.0641. The van der Waals surface area contributed by atoms with Crippen LogP contribution in [0, 0.1) is 0 Å². The average Bonchev–Trinajstić information content (AvgIpc) is 3.15. The third-order valence-corrected chi connectivity index (χ3v) is 5.07. The van der Waals surface area contributed by atoms with Crippen LogP contribution in [0.1, 0.15) is 45.1 Å². The number of anilines is 1. The van der Waals surface area contributed by atoms with Crippen LogP contribution in [0.4, 0.5) is 10.5 Å². The molecular weight excluding hydrogens is 290 g/mol. The van der Waals surface area contributed by atoms with Crippen molar-refractivity contribution in [2.75, 3.05) is 18.0 Å². The summed E-state index contributed by atoms with van der Waals surface area (Å²) in [5.41, 5.74) is 1.55. The Morgan fingerprint density at radius 3 is 2.30 bits per heavy atom. The fraction of sp³-hybridized carbons (Fsp3) is 0.556. The van der Waals surface area contributed by atoms with Gasteiger partial charge in [0.15, 0.2) is 0 Å². The van der Waals surface area contributed by atoms with Gasteiger partial charge in [0.05, 0.1) is 5.54 Å². The van der Waals surface area contributed by atoms with E-state index in [4.69, 9.17) is 0 Å². The van der Waals surface area contributed by atoms with Crippen LogP contribution in [-0.4, -0.2) is 36.1 Å². The van der Waals surface area contributed by atoms with Crippen LogP contribution in [0.3, 0.4) is 0 Å². The number of nitrogens with zero attached hydrogens (tertiary/aromatic N) is 3. The van der Waals surface area contributed by atoms with E-state index < -0.39 is 5.54 Å². The first-order chi connectivity index (χ1) is 11.1. The maximum absolute atomic E-state index is 12.4. The number of aliphatic imine (C=N–C) groups is 1. The van der Waals surface area contributed by atoms with Crippen LogP contribution in [-0.2, 0) is 10.3 Å². The molecule has 5 nitrogen and oxygen atoms in total. The summed E-state index contributed by atoms with van der Waals surface area (Å²) in [7, 11) is 0. The summed E-state index contributed by atoms with van der Waals surface area (Å²) in [4.78, 5) is 31.0. The third-order valence-electron chi connectivity index (χ3n) is 5.07. The summed E-state index contributed by atoms with van der Waals surface area (Å²) < 4.78 is 0. The van der Waals surface area contributed by atoms with E-state index in [1.54, 1.807) is 6.08 Å². The fourth-order valence-electron chi connectivity index (χ4n) is 3.74. The van der Waals surface area contributed by atoms with Gasteiger partial charge >= 0.3 is 6.03 Å². The van der Waals surface area contributed by atoms with Crippen molar-refractivity contribution in [3.8, 4) is 0 Å². The molecule has 3 rings (SSSR count). The molecule has 2 amide bonds. The lowest BCUT2D eigenvalue weighted by Crippen LogP contribution is -2.36. The van der Waals surface area contributed by atoms with Gasteiger partial charge in [0.25, 0.3) is 0 Å². The topological polar surface area (TPSA) is 53.0 Å². The SMILES string of the molecule is CC(C)N1CCN(c2ccc(C3(N=C=O)CCCC3)cc2)C1=O. The lowest BCUT2D eigenvalue weighted by molar-refractivity contribution is 0.209. The molecule has 122 valence electrons. The molecule has 1 aromatic rings. The Balaban J connectivity index is 1.83. The summed E-state index contributed by atoms with van der Waals surface area (Å²) in [5, 5.41) is 0. The zero-order valence-electron chi connectivity index (χ0n) is 13.8. The van der Waals surface area contributed by atoms with Gasteiger partial charge in [-0.05, 0) is 44.4 Å². The molecule has 2 aliphatic rings. The molecule has 1 heterocycles. The molecule has 5 heteroatoms. The quantitative estimate of drug-likeness (QED) is 0.631. The van der Waals surface area contributed by atoms with Crippen LogP contribution in [0.25, 0.3) is 0 Å². The summed E-state index contributed by atoms with van der Waals surface area (Å²) in [6, 6.07) is 8.24. The van der Waals surface area contributed by atoms with E-state index in [0.29, 0.717) is 6.54 Å². The first-order valence-electron chi connectivity index (χ1n) is 8.35.